The zero-order valence-electron chi connectivity index (χ0n) is 11.9. The number of carbonyl (C=O) groups is 1. The Morgan fingerprint density at radius 1 is 1.26 bits per heavy atom. The zero-order chi connectivity index (χ0) is 13.5. The predicted octanol–water partition coefficient (Wildman–Crippen LogP) is 1.53. The van der Waals surface area contributed by atoms with Crippen LogP contribution in [0.1, 0.15) is 51.4 Å². The van der Waals surface area contributed by atoms with Crippen molar-refractivity contribution in [1.82, 2.24) is 10.2 Å². The lowest BCUT2D eigenvalue weighted by atomic mass is 9.90. The molecule has 2 fully saturated rings. The van der Waals surface area contributed by atoms with Crippen molar-refractivity contribution in [1.29, 1.82) is 0 Å². The molecule has 1 saturated heterocycles. The molecule has 0 radical (unpaired) electrons. The number of aliphatic hydroxyl groups excluding tert-OH is 1. The highest BCUT2D eigenvalue weighted by molar-refractivity contribution is 5.76. The summed E-state index contributed by atoms with van der Waals surface area (Å²) >= 11 is 0. The Kier molecular flexibility index (Phi) is 6.11. The van der Waals surface area contributed by atoms with Crippen molar-refractivity contribution in [3.05, 3.63) is 0 Å². The molecule has 0 bridgehead atoms. The van der Waals surface area contributed by atoms with Crippen molar-refractivity contribution in [2.24, 2.45) is 5.92 Å². The number of piperidine rings is 1. The van der Waals surface area contributed by atoms with E-state index in [1.54, 1.807) is 0 Å². The molecule has 1 amide bonds. The second-order valence-electron chi connectivity index (χ2n) is 6.00. The van der Waals surface area contributed by atoms with Gasteiger partial charge in [-0.1, -0.05) is 0 Å². The van der Waals surface area contributed by atoms with E-state index >= 15 is 0 Å². The van der Waals surface area contributed by atoms with E-state index in [0.29, 0.717) is 30.7 Å². The molecule has 1 aliphatic heterocycles. The van der Waals surface area contributed by atoms with Gasteiger partial charge in [0.05, 0.1) is 0 Å². The fraction of sp³-hybridized carbons (Fsp3) is 0.933. The molecule has 1 unspecified atom stereocenters. The highest BCUT2D eigenvalue weighted by atomic mass is 16.3. The fourth-order valence-corrected chi connectivity index (χ4v) is 3.09. The summed E-state index contributed by atoms with van der Waals surface area (Å²) in [5.41, 5.74) is 0. The first-order valence-corrected chi connectivity index (χ1v) is 7.92. The maximum atomic E-state index is 12.3. The smallest absolute Gasteiger partial charge is 0.222 e. The van der Waals surface area contributed by atoms with Gasteiger partial charge in [-0.2, -0.15) is 0 Å². The number of nitrogens with one attached hydrogen (secondary N) is 1. The van der Waals surface area contributed by atoms with Gasteiger partial charge in [0.2, 0.25) is 5.91 Å². The summed E-state index contributed by atoms with van der Waals surface area (Å²) in [5, 5.41) is 12.4. The first-order valence-electron chi connectivity index (χ1n) is 7.92. The molecule has 19 heavy (non-hydrogen) atoms. The number of hydrogen-bond donors (Lipinski definition) is 2. The summed E-state index contributed by atoms with van der Waals surface area (Å²) in [6.45, 7) is 3.13. The van der Waals surface area contributed by atoms with E-state index in [2.05, 4.69) is 5.32 Å². The van der Waals surface area contributed by atoms with Gasteiger partial charge in [0.1, 0.15) is 0 Å². The van der Waals surface area contributed by atoms with Crippen LogP contribution >= 0.6 is 0 Å². The zero-order valence-corrected chi connectivity index (χ0v) is 11.9. The highest BCUT2D eigenvalue weighted by Gasteiger charge is 2.28. The average Bonchev–Trinajstić information content (AvgIpc) is 2.39. The summed E-state index contributed by atoms with van der Waals surface area (Å²) in [6.07, 6.45) is 8.50. The Hall–Kier alpha value is -0.610. The molecule has 0 aromatic rings. The lowest BCUT2D eigenvalue weighted by Gasteiger charge is -2.38. The van der Waals surface area contributed by atoms with Crippen molar-refractivity contribution in [2.45, 2.75) is 57.4 Å². The van der Waals surface area contributed by atoms with E-state index in [1.807, 2.05) is 4.90 Å². The van der Waals surface area contributed by atoms with Crippen molar-refractivity contribution in [3.8, 4) is 0 Å². The molecule has 0 aromatic heterocycles. The van der Waals surface area contributed by atoms with E-state index in [9.17, 15) is 4.79 Å². The summed E-state index contributed by atoms with van der Waals surface area (Å²) in [7, 11) is 0. The molecule has 1 aliphatic carbocycles. The topological polar surface area (TPSA) is 52.6 Å². The molecule has 2 aliphatic rings. The van der Waals surface area contributed by atoms with Crippen molar-refractivity contribution in [3.63, 3.8) is 0 Å². The van der Waals surface area contributed by atoms with Gasteiger partial charge in [-0.3, -0.25) is 4.79 Å². The van der Waals surface area contributed by atoms with Gasteiger partial charge < -0.3 is 15.3 Å². The van der Waals surface area contributed by atoms with Crippen LogP contribution in [0.15, 0.2) is 0 Å². The number of carbonyl (C=O) groups excluding carboxylic acids is 1. The summed E-state index contributed by atoms with van der Waals surface area (Å²) < 4.78 is 0. The Morgan fingerprint density at radius 2 is 2.11 bits per heavy atom. The fourth-order valence-electron chi connectivity index (χ4n) is 3.09. The molecular formula is C15H28N2O2. The van der Waals surface area contributed by atoms with Gasteiger partial charge in [0.15, 0.2) is 0 Å². The first kappa shape index (κ1) is 14.8. The van der Waals surface area contributed by atoms with Crippen LogP contribution in [-0.2, 0) is 4.79 Å². The van der Waals surface area contributed by atoms with Crippen LogP contribution in [0.5, 0.6) is 0 Å². The molecule has 1 heterocycles. The van der Waals surface area contributed by atoms with Gasteiger partial charge >= 0.3 is 0 Å². The quantitative estimate of drug-likeness (QED) is 0.736. The predicted molar refractivity (Wildman–Crippen MR) is 75.9 cm³/mol. The molecular weight excluding hydrogens is 240 g/mol. The third-order valence-electron chi connectivity index (χ3n) is 4.56. The Morgan fingerprint density at radius 3 is 2.68 bits per heavy atom. The van der Waals surface area contributed by atoms with Crippen LogP contribution < -0.4 is 5.32 Å². The minimum Gasteiger partial charge on any atom is -0.396 e. The van der Waals surface area contributed by atoms with Crippen LogP contribution in [0, 0.1) is 5.92 Å². The van der Waals surface area contributed by atoms with Gasteiger partial charge in [-0.05, 0) is 64.0 Å². The Labute approximate surface area is 116 Å². The molecule has 0 spiro atoms. The first-order chi connectivity index (χ1) is 9.31. The normalized spacial score (nSPS) is 23.9. The van der Waals surface area contributed by atoms with Gasteiger partial charge in [0.25, 0.3) is 0 Å². The number of amides is 1. The van der Waals surface area contributed by atoms with E-state index < -0.39 is 0 Å². The van der Waals surface area contributed by atoms with E-state index in [0.717, 1.165) is 38.9 Å². The Balaban J connectivity index is 1.73. The number of rotatable bonds is 7. The molecule has 4 heteroatoms. The number of hydrogen-bond acceptors (Lipinski definition) is 3. The van der Waals surface area contributed by atoms with E-state index in [1.165, 1.54) is 19.3 Å². The third kappa shape index (κ3) is 4.46. The third-order valence-corrected chi connectivity index (χ3v) is 4.56. The summed E-state index contributed by atoms with van der Waals surface area (Å²) in [6, 6.07) is 0.462. The van der Waals surface area contributed by atoms with Crippen molar-refractivity contribution in [2.75, 3.05) is 26.2 Å². The van der Waals surface area contributed by atoms with Gasteiger partial charge in [-0.25, -0.2) is 0 Å². The maximum absolute atomic E-state index is 12.3. The van der Waals surface area contributed by atoms with Crippen molar-refractivity contribution < 1.29 is 9.90 Å². The van der Waals surface area contributed by atoms with Crippen LogP contribution in [0.4, 0.5) is 0 Å². The highest BCUT2D eigenvalue weighted by Crippen LogP contribution is 2.26. The number of nitrogens with zero attached hydrogens (tertiary/aromatic N) is 1. The van der Waals surface area contributed by atoms with Crippen LogP contribution in [0.25, 0.3) is 0 Å². The van der Waals surface area contributed by atoms with Crippen LogP contribution in [0.3, 0.4) is 0 Å². The molecule has 2 N–H and O–H groups in total. The second kappa shape index (κ2) is 7.85. The lowest BCUT2D eigenvalue weighted by Crippen LogP contribution is -2.45. The second-order valence-corrected chi connectivity index (χ2v) is 6.00. The van der Waals surface area contributed by atoms with Crippen molar-refractivity contribution >= 4 is 5.91 Å². The minimum atomic E-state index is 0.184. The summed E-state index contributed by atoms with van der Waals surface area (Å²) in [4.78, 5) is 14.4. The number of aliphatic hydroxyl groups is 1. The molecule has 1 saturated carbocycles. The maximum Gasteiger partial charge on any atom is 0.222 e. The van der Waals surface area contributed by atoms with Gasteiger partial charge in [0, 0.05) is 25.6 Å². The van der Waals surface area contributed by atoms with Crippen LogP contribution in [-0.4, -0.2) is 48.2 Å². The SMILES string of the molecule is O=C(CCC1CCCNC1)N(CCCO)C1CCC1. The average molecular weight is 268 g/mol. The Bertz CT molecular complexity index is 273. The van der Waals surface area contributed by atoms with Crippen LogP contribution in [0.2, 0.25) is 0 Å². The molecule has 110 valence electrons. The van der Waals surface area contributed by atoms with Gasteiger partial charge in [-0.15, -0.1) is 0 Å². The monoisotopic (exact) mass is 268 g/mol. The summed E-state index contributed by atoms with van der Waals surface area (Å²) in [5.74, 6) is 0.988. The molecule has 4 nitrogen and oxygen atoms in total. The standard InChI is InChI=1S/C15H28N2O2/c18-11-3-10-17(14-5-1-6-14)15(19)8-7-13-4-2-9-16-12-13/h13-14,16,18H,1-12H2. The lowest BCUT2D eigenvalue weighted by molar-refractivity contribution is -0.135. The molecule has 1 atom stereocenters. The van der Waals surface area contributed by atoms with E-state index in [4.69, 9.17) is 5.11 Å². The van der Waals surface area contributed by atoms with E-state index in [-0.39, 0.29) is 6.61 Å². The molecule has 0 aromatic carbocycles. The minimum absolute atomic E-state index is 0.184. The largest absolute Gasteiger partial charge is 0.396 e. The molecule has 2 rings (SSSR count).